The van der Waals surface area contributed by atoms with Crippen LogP contribution in [0.4, 0.5) is 5.82 Å². The smallest absolute Gasteiger partial charge is 0.126 e. The first kappa shape index (κ1) is 11.7. The normalized spacial score (nSPS) is 17.5. The molecule has 0 aliphatic heterocycles. The Hall–Kier alpha value is -0.800. The Balaban J connectivity index is 1.79. The molecule has 0 bridgehead atoms. The van der Waals surface area contributed by atoms with Gasteiger partial charge in [0.1, 0.15) is 5.82 Å². The van der Waals surface area contributed by atoms with E-state index >= 15 is 0 Å². The third-order valence-electron chi connectivity index (χ3n) is 3.12. The quantitative estimate of drug-likeness (QED) is 0.856. The number of anilines is 1. The minimum absolute atomic E-state index is 0.532. The molecule has 1 aromatic rings. The molecule has 3 nitrogen and oxygen atoms in total. The molecule has 16 heavy (non-hydrogen) atoms. The lowest BCUT2D eigenvalue weighted by molar-refractivity contribution is 0.257. The van der Waals surface area contributed by atoms with Crippen LogP contribution in [0.25, 0.3) is 0 Å². The molecule has 1 aliphatic carbocycles. The molecule has 1 fully saturated rings. The van der Waals surface area contributed by atoms with Gasteiger partial charge in [0, 0.05) is 24.8 Å². The number of hydrogen-bond donors (Lipinski definition) is 1. The molecule has 1 aromatic heterocycles. The molecular weight excluding hydrogens is 222 g/mol. The van der Waals surface area contributed by atoms with Crippen molar-refractivity contribution in [1.82, 2.24) is 9.88 Å². The summed E-state index contributed by atoms with van der Waals surface area (Å²) in [7, 11) is 2.19. The number of hydrogen-bond acceptors (Lipinski definition) is 3. The summed E-state index contributed by atoms with van der Waals surface area (Å²) in [6, 6.07) is 5.10. The molecule has 1 atom stereocenters. The molecule has 0 radical (unpaired) electrons. The van der Waals surface area contributed by atoms with Crippen LogP contribution in [0.2, 0.25) is 5.02 Å². The second-order valence-electron chi connectivity index (χ2n) is 4.49. The fourth-order valence-electron chi connectivity index (χ4n) is 1.72. The molecular formula is C12H18ClN3. The van der Waals surface area contributed by atoms with Crippen molar-refractivity contribution in [3.8, 4) is 0 Å². The molecule has 0 spiro atoms. The van der Waals surface area contributed by atoms with Gasteiger partial charge in [-0.15, -0.1) is 0 Å². The van der Waals surface area contributed by atoms with Crippen molar-refractivity contribution in [3.63, 3.8) is 0 Å². The van der Waals surface area contributed by atoms with Gasteiger partial charge < -0.3 is 5.32 Å². The number of halogens is 1. The van der Waals surface area contributed by atoms with Crippen LogP contribution in [0.1, 0.15) is 19.8 Å². The highest BCUT2D eigenvalue weighted by atomic mass is 35.5. The van der Waals surface area contributed by atoms with Crippen molar-refractivity contribution in [3.05, 3.63) is 23.4 Å². The maximum atomic E-state index is 5.78. The van der Waals surface area contributed by atoms with Crippen molar-refractivity contribution in [2.45, 2.75) is 31.8 Å². The van der Waals surface area contributed by atoms with E-state index in [-0.39, 0.29) is 0 Å². The zero-order valence-electron chi connectivity index (χ0n) is 9.78. The lowest BCUT2D eigenvalue weighted by Crippen LogP contribution is -2.36. The summed E-state index contributed by atoms with van der Waals surface area (Å²) in [6.07, 6.45) is 4.36. The van der Waals surface area contributed by atoms with Crippen LogP contribution in [0, 0.1) is 0 Å². The molecule has 1 heterocycles. The van der Waals surface area contributed by atoms with Gasteiger partial charge in [0.25, 0.3) is 0 Å². The highest BCUT2D eigenvalue weighted by Crippen LogP contribution is 2.26. The van der Waals surface area contributed by atoms with Crippen molar-refractivity contribution >= 4 is 17.4 Å². The second kappa shape index (κ2) is 5.02. The lowest BCUT2D eigenvalue weighted by atomic mass is 10.3. The van der Waals surface area contributed by atoms with Crippen molar-refractivity contribution in [2.24, 2.45) is 0 Å². The monoisotopic (exact) mass is 239 g/mol. The third-order valence-corrected chi connectivity index (χ3v) is 3.35. The predicted molar refractivity (Wildman–Crippen MR) is 68.0 cm³/mol. The first-order valence-corrected chi connectivity index (χ1v) is 6.12. The first-order chi connectivity index (χ1) is 7.66. The van der Waals surface area contributed by atoms with Crippen LogP contribution in [-0.4, -0.2) is 35.6 Å². The maximum Gasteiger partial charge on any atom is 0.126 e. The van der Waals surface area contributed by atoms with E-state index in [1.54, 1.807) is 6.20 Å². The Bertz CT molecular complexity index is 335. The summed E-state index contributed by atoms with van der Waals surface area (Å²) >= 11 is 5.78. The molecule has 1 aliphatic rings. The van der Waals surface area contributed by atoms with Crippen LogP contribution in [0.15, 0.2) is 18.3 Å². The molecule has 2 rings (SSSR count). The van der Waals surface area contributed by atoms with Gasteiger partial charge in [-0.25, -0.2) is 4.98 Å². The number of nitrogens with zero attached hydrogens (tertiary/aromatic N) is 2. The minimum atomic E-state index is 0.532. The van der Waals surface area contributed by atoms with Gasteiger partial charge in [-0.05, 0) is 38.9 Å². The van der Waals surface area contributed by atoms with E-state index in [9.17, 15) is 0 Å². The van der Waals surface area contributed by atoms with E-state index < -0.39 is 0 Å². The third kappa shape index (κ3) is 3.09. The minimum Gasteiger partial charge on any atom is -0.369 e. The highest BCUT2D eigenvalue weighted by molar-refractivity contribution is 6.30. The summed E-state index contributed by atoms with van der Waals surface area (Å²) in [5.41, 5.74) is 0. The molecule has 4 heteroatoms. The van der Waals surface area contributed by atoms with Gasteiger partial charge in [0.15, 0.2) is 0 Å². The standard InChI is InChI=1S/C12H18ClN3/c1-9(16(2)11-4-5-11)7-14-12-6-3-10(13)8-15-12/h3,6,8-9,11H,4-5,7H2,1-2H3,(H,14,15). The number of rotatable bonds is 5. The van der Waals surface area contributed by atoms with E-state index in [1.807, 2.05) is 12.1 Å². The number of nitrogens with one attached hydrogen (secondary N) is 1. The van der Waals surface area contributed by atoms with Gasteiger partial charge in [0.2, 0.25) is 0 Å². The van der Waals surface area contributed by atoms with Crippen LogP contribution in [0.3, 0.4) is 0 Å². The Morgan fingerprint density at radius 3 is 2.88 bits per heavy atom. The number of aromatic nitrogens is 1. The molecule has 1 unspecified atom stereocenters. The first-order valence-electron chi connectivity index (χ1n) is 5.74. The Labute approximate surface area is 102 Å². The molecule has 1 saturated carbocycles. The number of pyridine rings is 1. The van der Waals surface area contributed by atoms with Crippen molar-refractivity contribution < 1.29 is 0 Å². The van der Waals surface area contributed by atoms with Gasteiger partial charge in [-0.1, -0.05) is 11.6 Å². The van der Waals surface area contributed by atoms with E-state index in [0.717, 1.165) is 18.4 Å². The van der Waals surface area contributed by atoms with Crippen LogP contribution < -0.4 is 5.32 Å². The summed E-state index contributed by atoms with van der Waals surface area (Å²) in [5.74, 6) is 0.889. The SMILES string of the molecule is CC(CNc1ccc(Cl)cn1)N(C)C1CC1. The topological polar surface area (TPSA) is 28.2 Å². The van der Waals surface area contributed by atoms with E-state index in [2.05, 4.69) is 29.2 Å². The zero-order valence-corrected chi connectivity index (χ0v) is 10.5. The van der Waals surface area contributed by atoms with Crippen LogP contribution in [-0.2, 0) is 0 Å². The summed E-state index contributed by atoms with van der Waals surface area (Å²) in [4.78, 5) is 6.64. The molecule has 0 saturated heterocycles. The summed E-state index contributed by atoms with van der Waals surface area (Å²) in [6.45, 7) is 3.16. The van der Waals surface area contributed by atoms with E-state index in [1.165, 1.54) is 12.8 Å². The van der Waals surface area contributed by atoms with E-state index in [4.69, 9.17) is 11.6 Å². The van der Waals surface area contributed by atoms with Crippen LogP contribution >= 0.6 is 11.6 Å². The molecule has 0 aromatic carbocycles. The lowest BCUT2D eigenvalue weighted by Gasteiger charge is -2.24. The average molecular weight is 240 g/mol. The number of likely N-dealkylation sites (N-methyl/N-ethyl adjacent to an activating group) is 1. The average Bonchev–Trinajstić information content (AvgIpc) is 3.11. The molecule has 1 N–H and O–H groups in total. The molecule has 88 valence electrons. The fourth-order valence-corrected chi connectivity index (χ4v) is 1.83. The summed E-state index contributed by atoms with van der Waals surface area (Å²) in [5, 5.41) is 4.00. The Morgan fingerprint density at radius 2 is 2.31 bits per heavy atom. The molecule has 0 amide bonds. The predicted octanol–water partition coefficient (Wildman–Crippen LogP) is 2.63. The van der Waals surface area contributed by atoms with Crippen molar-refractivity contribution in [2.75, 3.05) is 18.9 Å². The summed E-state index contributed by atoms with van der Waals surface area (Å²) < 4.78 is 0. The second-order valence-corrected chi connectivity index (χ2v) is 4.92. The van der Waals surface area contributed by atoms with Crippen LogP contribution in [0.5, 0.6) is 0 Å². The Morgan fingerprint density at radius 1 is 1.56 bits per heavy atom. The van der Waals surface area contributed by atoms with Gasteiger partial charge in [-0.2, -0.15) is 0 Å². The van der Waals surface area contributed by atoms with E-state index in [0.29, 0.717) is 11.1 Å². The van der Waals surface area contributed by atoms with Gasteiger partial charge in [0.05, 0.1) is 5.02 Å². The fraction of sp³-hybridized carbons (Fsp3) is 0.583. The maximum absolute atomic E-state index is 5.78. The van der Waals surface area contributed by atoms with Crippen molar-refractivity contribution in [1.29, 1.82) is 0 Å². The zero-order chi connectivity index (χ0) is 11.5. The highest BCUT2D eigenvalue weighted by Gasteiger charge is 2.28. The Kier molecular flexibility index (Phi) is 3.66. The van der Waals surface area contributed by atoms with Gasteiger partial charge >= 0.3 is 0 Å². The van der Waals surface area contributed by atoms with Gasteiger partial charge in [-0.3, -0.25) is 4.90 Å². The largest absolute Gasteiger partial charge is 0.369 e.